The number of nitrogens with zero attached hydrogens (tertiary/aromatic N) is 2. The second kappa shape index (κ2) is 6.17. The van der Waals surface area contributed by atoms with Gasteiger partial charge in [0.2, 0.25) is 0 Å². The Morgan fingerprint density at radius 2 is 2.24 bits per heavy atom. The Hall–Kier alpha value is -0.870. The zero-order chi connectivity index (χ0) is 12.1. The molecular formula is C13H23N3O. The molecule has 1 aliphatic heterocycles. The van der Waals surface area contributed by atoms with Crippen molar-refractivity contribution in [2.24, 2.45) is 5.92 Å². The molecule has 1 N–H and O–H groups in total. The van der Waals surface area contributed by atoms with E-state index in [1.807, 2.05) is 0 Å². The number of rotatable bonds is 5. The third-order valence-corrected chi connectivity index (χ3v) is 3.40. The summed E-state index contributed by atoms with van der Waals surface area (Å²) < 4.78 is 7.49. The normalized spacial score (nSPS) is 17.5. The summed E-state index contributed by atoms with van der Waals surface area (Å²) in [6.07, 6.45) is 4.52. The lowest BCUT2D eigenvalue weighted by molar-refractivity contribution is 0.0601. The molecule has 1 aromatic heterocycles. The van der Waals surface area contributed by atoms with Gasteiger partial charge >= 0.3 is 0 Å². The zero-order valence-corrected chi connectivity index (χ0v) is 10.9. The van der Waals surface area contributed by atoms with Gasteiger partial charge in [0.05, 0.1) is 5.69 Å². The van der Waals surface area contributed by atoms with E-state index in [1.165, 1.54) is 18.4 Å². The van der Waals surface area contributed by atoms with Gasteiger partial charge in [-0.25, -0.2) is 0 Å². The predicted octanol–water partition coefficient (Wildman–Crippen LogP) is 1.73. The third kappa shape index (κ3) is 3.54. The largest absolute Gasteiger partial charge is 0.381 e. The van der Waals surface area contributed by atoms with E-state index >= 15 is 0 Å². The van der Waals surface area contributed by atoms with Gasteiger partial charge < -0.3 is 10.1 Å². The molecule has 17 heavy (non-hydrogen) atoms. The Morgan fingerprint density at radius 3 is 2.94 bits per heavy atom. The second-order valence-electron chi connectivity index (χ2n) is 4.80. The van der Waals surface area contributed by atoms with Crippen LogP contribution in [-0.2, 0) is 17.8 Å². The Labute approximate surface area is 103 Å². The van der Waals surface area contributed by atoms with Crippen LogP contribution < -0.4 is 5.32 Å². The minimum atomic E-state index is 0.732. The number of aromatic nitrogens is 2. The Balaban J connectivity index is 1.91. The fourth-order valence-electron chi connectivity index (χ4n) is 2.28. The molecule has 1 aliphatic rings. The van der Waals surface area contributed by atoms with Gasteiger partial charge in [0.15, 0.2) is 0 Å². The van der Waals surface area contributed by atoms with Gasteiger partial charge in [0.25, 0.3) is 0 Å². The van der Waals surface area contributed by atoms with Gasteiger partial charge in [-0.3, -0.25) is 4.68 Å². The van der Waals surface area contributed by atoms with Crippen LogP contribution in [0.4, 0.5) is 0 Å². The van der Waals surface area contributed by atoms with Crippen LogP contribution in [0.15, 0.2) is 6.20 Å². The van der Waals surface area contributed by atoms with E-state index in [9.17, 15) is 0 Å². The Bertz CT molecular complexity index is 342. The minimum absolute atomic E-state index is 0.732. The molecule has 0 aliphatic carbocycles. The summed E-state index contributed by atoms with van der Waals surface area (Å²) in [5.74, 6) is 0.732. The van der Waals surface area contributed by atoms with Crippen molar-refractivity contribution in [2.75, 3.05) is 19.8 Å². The van der Waals surface area contributed by atoms with Gasteiger partial charge in [-0.1, -0.05) is 6.92 Å². The number of hydrogen-bond acceptors (Lipinski definition) is 3. The van der Waals surface area contributed by atoms with E-state index in [-0.39, 0.29) is 0 Å². The van der Waals surface area contributed by atoms with Gasteiger partial charge in [-0.2, -0.15) is 5.10 Å². The molecule has 0 saturated carbocycles. The lowest BCUT2D eigenvalue weighted by Crippen LogP contribution is -2.20. The molecular weight excluding hydrogens is 214 g/mol. The average Bonchev–Trinajstić information content (AvgIpc) is 2.68. The van der Waals surface area contributed by atoms with Crippen molar-refractivity contribution >= 4 is 0 Å². The predicted molar refractivity (Wildman–Crippen MR) is 67.9 cm³/mol. The highest BCUT2D eigenvalue weighted by atomic mass is 16.5. The first kappa shape index (κ1) is 12.6. The maximum Gasteiger partial charge on any atom is 0.0638 e. The molecule has 0 spiro atoms. The highest BCUT2D eigenvalue weighted by Gasteiger charge is 2.15. The first-order valence-corrected chi connectivity index (χ1v) is 6.61. The smallest absolute Gasteiger partial charge is 0.0638 e. The summed E-state index contributed by atoms with van der Waals surface area (Å²) in [5.41, 5.74) is 2.47. The van der Waals surface area contributed by atoms with E-state index < -0.39 is 0 Å². The van der Waals surface area contributed by atoms with Crippen LogP contribution in [0.25, 0.3) is 0 Å². The lowest BCUT2D eigenvalue weighted by atomic mass is 10.0. The molecule has 96 valence electrons. The molecule has 0 unspecified atom stereocenters. The summed E-state index contributed by atoms with van der Waals surface area (Å²) in [7, 11) is 0. The third-order valence-electron chi connectivity index (χ3n) is 3.40. The van der Waals surface area contributed by atoms with Gasteiger partial charge in [-0.05, 0) is 32.2 Å². The van der Waals surface area contributed by atoms with Crippen LogP contribution in [0.5, 0.6) is 0 Å². The number of nitrogens with one attached hydrogen (secondary N) is 1. The monoisotopic (exact) mass is 237 g/mol. The molecule has 0 atom stereocenters. The highest BCUT2D eigenvalue weighted by Crippen LogP contribution is 2.17. The molecule has 4 heteroatoms. The van der Waals surface area contributed by atoms with Gasteiger partial charge in [-0.15, -0.1) is 0 Å². The van der Waals surface area contributed by atoms with Crippen LogP contribution in [0.2, 0.25) is 0 Å². The lowest BCUT2D eigenvalue weighted by Gasteiger charge is -2.21. The van der Waals surface area contributed by atoms with Crippen LogP contribution in [-0.4, -0.2) is 29.5 Å². The fraction of sp³-hybridized carbons (Fsp3) is 0.769. The van der Waals surface area contributed by atoms with Crippen molar-refractivity contribution in [3.8, 4) is 0 Å². The van der Waals surface area contributed by atoms with E-state index in [0.29, 0.717) is 0 Å². The van der Waals surface area contributed by atoms with Crippen molar-refractivity contribution < 1.29 is 4.74 Å². The highest BCUT2D eigenvalue weighted by molar-refractivity contribution is 5.15. The first-order chi connectivity index (χ1) is 8.29. The quantitative estimate of drug-likeness (QED) is 0.847. The van der Waals surface area contributed by atoms with E-state index in [4.69, 9.17) is 4.74 Å². The molecule has 0 aromatic carbocycles. The first-order valence-electron chi connectivity index (χ1n) is 6.61. The molecule has 0 amide bonds. The van der Waals surface area contributed by atoms with Gasteiger partial charge in [0.1, 0.15) is 0 Å². The van der Waals surface area contributed by atoms with Crippen molar-refractivity contribution in [1.82, 2.24) is 15.1 Å². The maximum absolute atomic E-state index is 5.38. The summed E-state index contributed by atoms with van der Waals surface area (Å²) in [5, 5.41) is 7.94. The molecule has 2 rings (SSSR count). The minimum Gasteiger partial charge on any atom is -0.381 e. The summed E-state index contributed by atoms with van der Waals surface area (Å²) in [4.78, 5) is 0. The van der Waals surface area contributed by atoms with Gasteiger partial charge in [0, 0.05) is 38.1 Å². The Kier molecular flexibility index (Phi) is 4.57. The molecule has 0 radical (unpaired) electrons. The molecule has 4 nitrogen and oxygen atoms in total. The fourth-order valence-corrected chi connectivity index (χ4v) is 2.28. The van der Waals surface area contributed by atoms with Crippen LogP contribution in [0.3, 0.4) is 0 Å². The number of ether oxygens (including phenoxy) is 1. The number of hydrogen-bond donors (Lipinski definition) is 1. The topological polar surface area (TPSA) is 39.1 Å². The molecule has 1 aromatic rings. The number of aryl methyl sites for hydroxylation is 1. The van der Waals surface area contributed by atoms with E-state index in [2.05, 4.69) is 35.1 Å². The van der Waals surface area contributed by atoms with E-state index in [1.54, 1.807) is 0 Å². The standard InChI is InChI=1S/C13H23N3O/c1-3-14-8-13-10-16(15-11(13)2)9-12-4-6-17-7-5-12/h10,12,14H,3-9H2,1-2H3. The summed E-state index contributed by atoms with van der Waals surface area (Å²) in [6.45, 7) is 9.01. The maximum atomic E-state index is 5.38. The van der Waals surface area contributed by atoms with Crippen LogP contribution in [0, 0.1) is 12.8 Å². The average molecular weight is 237 g/mol. The van der Waals surface area contributed by atoms with Crippen molar-refractivity contribution in [3.05, 3.63) is 17.5 Å². The molecule has 1 saturated heterocycles. The summed E-state index contributed by atoms with van der Waals surface area (Å²) >= 11 is 0. The van der Waals surface area contributed by atoms with Crippen LogP contribution >= 0.6 is 0 Å². The molecule has 0 bridgehead atoms. The zero-order valence-electron chi connectivity index (χ0n) is 10.9. The SMILES string of the molecule is CCNCc1cn(CC2CCOCC2)nc1C. The van der Waals surface area contributed by atoms with E-state index in [0.717, 1.165) is 44.5 Å². The van der Waals surface area contributed by atoms with Crippen molar-refractivity contribution in [2.45, 2.75) is 39.8 Å². The van der Waals surface area contributed by atoms with Crippen molar-refractivity contribution in [1.29, 1.82) is 0 Å². The molecule has 1 fully saturated rings. The second-order valence-corrected chi connectivity index (χ2v) is 4.80. The van der Waals surface area contributed by atoms with Crippen molar-refractivity contribution in [3.63, 3.8) is 0 Å². The molecule has 2 heterocycles. The van der Waals surface area contributed by atoms with Crippen LogP contribution in [0.1, 0.15) is 31.0 Å². The summed E-state index contributed by atoms with van der Waals surface area (Å²) in [6, 6.07) is 0. The Morgan fingerprint density at radius 1 is 1.47 bits per heavy atom.